The molecule has 7 heteroatoms. The number of aromatic hydroxyl groups is 1. The summed E-state index contributed by atoms with van der Waals surface area (Å²) in [7, 11) is 0. The van der Waals surface area contributed by atoms with E-state index in [0.29, 0.717) is 43.3 Å². The summed E-state index contributed by atoms with van der Waals surface area (Å²) >= 11 is 5.96. The maximum Gasteiger partial charge on any atom is 0.317 e. The molecular weight excluding hydrogens is 390 g/mol. The summed E-state index contributed by atoms with van der Waals surface area (Å²) in [6, 6.07) is 13.7. The van der Waals surface area contributed by atoms with Gasteiger partial charge in [-0.3, -0.25) is 4.79 Å². The number of nitrogens with zero attached hydrogens (tertiary/aromatic N) is 2. The van der Waals surface area contributed by atoms with E-state index < -0.39 is 0 Å². The zero-order valence-corrected chi connectivity index (χ0v) is 17.4. The number of hydrogen-bond donors (Lipinski definition) is 2. The Hall–Kier alpha value is -2.73. The summed E-state index contributed by atoms with van der Waals surface area (Å²) in [5.74, 6) is 0.0403. The Kier molecular flexibility index (Phi) is 6.33. The molecule has 2 N–H and O–H groups in total. The minimum absolute atomic E-state index is 0.0890. The van der Waals surface area contributed by atoms with Gasteiger partial charge in [0.2, 0.25) is 0 Å². The smallest absolute Gasteiger partial charge is 0.317 e. The van der Waals surface area contributed by atoms with Crippen LogP contribution in [-0.2, 0) is 5.41 Å². The molecule has 6 nitrogen and oxygen atoms in total. The topological polar surface area (TPSA) is 72.9 Å². The normalized spacial score (nSPS) is 14.6. The summed E-state index contributed by atoms with van der Waals surface area (Å²) in [4.78, 5) is 28.6. The number of hydrogen-bond acceptors (Lipinski definition) is 3. The van der Waals surface area contributed by atoms with Crippen molar-refractivity contribution in [2.24, 2.45) is 0 Å². The van der Waals surface area contributed by atoms with E-state index in [-0.39, 0.29) is 23.1 Å². The average Bonchev–Trinajstić information content (AvgIpc) is 2.72. The van der Waals surface area contributed by atoms with Gasteiger partial charge in [-0.25, -0.2) is 4.79 Å². The van der Waals surface area contributed by atoms with Crippen molar-refractivity contribution in [1.29, 1.82) is 0 Å². The Morgan fingerprint density at radius 1 is 0.966 bits per heavy atom. The number of benzene rings is 2. The summed E-state index contributed by atoms with van der Waals surface area (Å²) in [5.41, 5.74) is 1.41. The first-order valence-corrected chi connectivity index (χ1v) is 10.0. The lowest BCUT2D eigenvalue weighted by Crippen LogP contribution is -2.54. The van der Waals surface area contributed by atoms with Gasteiger partial charge in [-0.1, -0.05) is 37.6 Å². The molecule has 1 heterocycles. The van der Waals surface area contributed by atoms with E-state index in [0.717, 1.165) is 5.56 Å². The third kappa shape index (κ3) is 5.21. The lowest BCUT2D eigenvalue weighted by Gasteiger charge is -2.35. The van der Waals surface area contributed by atoms with Crippen molar-refractivity contribution in [3.8, 4) is 5.75 Å². The van der Waals surface area contributed by atoms with Crippen LogP contribution >= 0.6 is 11.6 Å². The number of rotatable bonds is 4. The summed E-state index contributed by atoms with van der Waals surface area (Å²) in [6.45, 7) is 6.57. The Morgan fingerprint density at radius 2 is 1.52 bits per heavy atom. The molecule has 0 saturated carbocycles. The fourth-order valence-corrected chi connectivity index (χ4v) is 3.44. The van der Waals surface area contributed by atoms with E-state index in [4.69, 9.17) is 11.6 Å². The van der Waals surface area contributed by atoms with Crippen LogP contribution in [0.1, 0.15) is 29.8 Å². The van der Waals surface area contributed by atoms with Crippen molar-refractivity contribution < 1.29 is 14.7 Å². The highest BCUT2D eigenvalue weighted by molar-refractivity contribution is 6.30. The van der Waals surface area contributed by atoms with E-state index in [1.807, 2.05) is 24.3 Å². The Morgan fingerprint density at radius 3 is 2.10 bits per heavy atom. The number of piperazine rings is 1. The van der Waals surface area contributed by atoms with Crippen LogP contribution < -0.4 is 5.32 Å². The number of phenolic OH excluding ortho intramolecular Hbond substituents is 1. The van der Waals surface area contributed by atoms with Crippen LogP contribution in [0.4, 0.5) is 4.79 Å². The van der Waals surface area contributed by atoms with Gasteiger partial charge in [-0.05, 0) is 42.0 Å². The Labute approximate surface area is 176 Å². The van der Waals surface area contributed by atoms with E-state index >= 15 is 0 Å². The molecule has 0 atom stereocenters. The van der Waals surface area contributed by atoms with Gasteiger partial charge in [-0.2, -0.15) is 0 Å². The van der Waals surface area contributed by atoms with Crippen LogP contribution in [0.5, 0.6) is 5.75 Å². The van der Waals surface area contributed by atoms with Crippen molar-refractivity contribution in [1.82, 2.24) is 15.1 Å². The highest BCUT2D eigenvalue weighted by Crippen LogP contribution is 2.24. The molecule has 0 spiro atoms. The molecule has 0 unspecified atom stereocenters. The molecule has 1 fully saturated rings. The van der Waals surface area contributed by atoms with Crippen LogP contribution in [0.25, 0.3) is 0 Å². The van der Waals surface area contributed by atoms with Crippen molar-refractivity contribution >= 4 is 23.5 Å². The molecular formula is C22H26ClN3O3. The molecule has 2 aromatic rings. The molecule has 2 aromatic carbocycles. The largest absolute Gasteiger partial charge is 0.508 e. The molecule has 0 aliphatic carbocycles. The maximum atomic E-state index is 12.6. The molecule has 1 saturated heterocycles. The first kappa shape index (κ1) is 21.0. The van der Waals surface area contributed by atoms with Crippen LogP contribution in [0, 0.1) is 0 Å². The molecule has 29 heavy (non-hydrogen) atoms. The van der Waals surface area contributed by atoms with Gasteiger partial charge in [-0.15, -0.1) is 0 Å². The monoisotopic (exact) mass is 415 g/mol. The molecule has 0 radical (unpaired) electrons. The highest BCUT2D eigenvalue weighted by atomic mass is 35.5. The van der Waals surface area contributed by atoms with Crippen LogP contribution in [0.2, 0.25) is 5.02 Å². The minimum atomic E-state index is -0.225. The van der Waals surface area contributed by atoms with E-state index in [2.05, 4.69) is 19.2 Å². The summed E-state index contributed by atoms with van der Waals surface area (Å²) < 4.78 is 0. The predicted molar refractivity (Wildman–Crippen MR) is 113 cm³/mol. The van der Waals surface area contributed by atoms with E-state index in [1.54, 1.807) is 21.9 Å². The standard InChI is InChI=1S/C22H26ClN3O3/c1-22(2,17-5-7-18(23)8-6-17)15-24-21(29)26-13-11-25(12-14-26)20(28)16-3-9-19(27)10-4-16/h3-10,27H,11-15H2,1-2H3,(H,24,29). The zero-order valence-electron chi connectivity index (χ0n) is 16.7. The number of carbonyl (C=O) groups is 2. The highest BCUT2D eigenvalue weighted by Gasteiger charge is 2.27. The zero-order chi connectivity index (χ0) is 21.0. The minimum Gasteiger partial charge on any atom is -0.508 e. The van der Waals surface area contributed by atoms with Crippen LogP contribution in [-0.4, -0.2) is 59.6 Å². The molecule has 1 aliphatic heterocycles. The fourth-order valence-electron chi connectivity index (χ4n) is 3.31. The van der Waals surface area contributed by atoms with E-state index in [9.17, 15) is 14.7 Å². The summed E-state index contributed by atoms with van der Waals surface area (Å²) in [6.07, 6.45) is 0. The molecule has 1 aliphatic rings. The molecule has 0 bridgehead atoms. The number of phenols is 1. The van der Waals surface area contributed by atoms with Gasteiger partial charge in [0.15, 0.2) is 0 Å². The average molecular weight is 416 g/mol. The van der Waals surface area contributed by atoms with Crippen LogP contribution in [0.3, 0.4) is 0 Å². The van der Waals surface area contributed by atoms with E-state index in [1.165, 1.54) is 12.1 Å². The Bertz CT molecular complexity index is 858. The van der Waals surface area contributed by atoms with Crippen molar-refractivity contribution in [2.45, 2.75) is 19.3 Å². The number of urea groups is 1. The van der Waals surface area contributed by atoms with Gasteiger partial charge < -0.3 is 20.2 Å². The number of carbonyl (C=O) groups excluding carboxylic acids is 2. The number of nitrogens with one attached hydrogen (secondary N) is 1. The molecule has 154 valence electrons. The third-order valence-electron chi connectivity index (χ3n) is 5.28. The number of amides is 3. The van der Waals surface area contributed by atoms with Crippen molar-refractivity contribution in [3.63, 3.8) is 0 Å². The third-order valence-corrected chi connectivity index (χ3v) is 5.53. The van der Waals surface area contributed by atoms with Crippen molar-refractivity contribution in [3.05, 3.63) is 64.7 Å². The SMILES string of the molecule is CC(C)(CNC(=O)N1CCN(C(=O)c2ccc(O)cc2)CC1)c1ccc(Cl)cc1. The van der Waals surface area contributed by atoms with Gasteiger partial charge >= 0.3 is 6.03 Å². The molecule has 0 aromatic heterocycles. The second-order valence-corrected chi connectivity index (χ2v) is 8.31. The Balaban J connectivity index is 1.50. The van der Waals surface area contributed by atoms with Crippen molar-refractivity contribution in [2.75, 3.05) is 32.7 Å². The lowest BCUT2D eigenvalue weighted by molar-refractivity contribution is 0.0664. The van der Waals surface area contributed by atoms with Gasteiger partial charge in [0.1, 0.15) is 5.75 Å². The fraction of sp³-hybridized carbons (Fsp3) is 0.364. The maximum absolute atomic E-state index is 12.6. The summed E-state index contributed by atoms with van der Waals surface area (Å²) in [5, 5.41) is 13.1. The first-order chi connectivity index (χ1) is 13.8. The quantitative estimate of drug-likeness (QED) is 0.802. The first-order valence-electron chi connectivity index (χ1n) is 9.63. The van der Waals surface area contributed by atoms with Gasteiger partial charge in [0.25, 0.3) is 5.91 Å². The number of halogens is 1. The molecule has 3 rings (SSSR count). The predicted octanol–water partition coefficient (Wildman–Crippen LogP) is 3.49. The molecule has 3 amide bonds. The van der Waals surface area contributed by atoms with Crippen LogP contribution in [0.15, 0.2) is 48.5 Å². The second-order valence-electron chi connectivity index (χ2n) is 7.88. The lowest BCUT2D eigenvalue weighted by atomic mass is 9.85. The van der Waals surface area contributed by atoms with Gasteiger partial charge in [0.05, 0.1) is 0 Å². The van der Waals surface area contributed by atoms with Gasteiger partial charge in [0, 0.05) is 48.7 Å². The second kappa shape index (κ2) is 8.74.